The Morgan fingerprint density at radius 3 is 3.00 bits per heavy atom. The molecule has 1 aliphatic heterocycles. The monoisotopic (exact) mass is 250 g/mol. The molecule has 5 nitrogen and oxygen atoms in total. The van der Waals surface area contributed by atoms with Gasteiger partial charge in [0.05, 0.1) is 0 Å². The third kappa shape index (κ3) is 3.84. The Kier molecular flexibility index (Phi) is 4.75. The largest absolute Gasteiger partial charge is 0.354 e. The summed E-state index contributed by atoms with van der Waals surface area (Å²) in [6.45, 7) is 5.54. The smallest absolute Gasteiger partial charge is 0.220 e. The first-order valence-corrected chi connectivity index (χ1v) is 6.71. The quantitative estimate of drug-likeness (QED) is 0.808. The molecular weight excluding hydrogens is 228 g/mol. The topological polar surface area (TPSA) is 59.0 Å². The molecule has 1 fully saturated rings. The van der Waals surface area contributed by atoms with Crippen LogP contribution in [-0.2, 0) is 11.3 Å². The van der Waals surface area contributed by atoms with Gasteiger partial charge in [-0.2, -0.15) is 0 Å². The van der Waals surface area contributed by atoms with Gasteiger partial charge in [0.25, 0.3) is 0 Å². The Bertz CT molecular complexity index is 382. The molecule has 1 aliphatic rings. The lowest BCUT2D eigenvalue weighted by Crippen LogP contribution is -2.33. The van der Waals surface area contributed by atoms with Crippen molar-refractivity contribution in [2.24, 2.45) is 5.92 Å². The van der Waals surface area contributed by atoms with Gasteiger partial charge in [0, 0.05) is 31.9 Å². The van der Waals surface area contributed by atoms with E-state index >= 15 is 0 Å². The summed E-state index contributed by atoms with van der Waals surface area (Å²) < 4.78 is 2.05. The zero-order valence-electron chi connectivity index (χ0n) is 11.0. The third-order valence-corrected chi connectivity index (χ3v) is 3.53. The molecule has 5 heteroatoms. The van der Waals surface area contributed by atoms with Crippen LogP contribution in [0.5, 0.6) is 0 Å². The summed E-state index contributed by atoms with van der Waals surface area (Å²) in [7, 11) is 0. The molecule has 0 bridgehead atoms. The Hall–Kier alpha value is -1.36. The van der Waals surface area contributed by atoms with Crippen LogP contribution >= 0.6 is 0 Å². The van der Waals surface area contributed by atoms with Crippen LogP contribution in [0.4, 0.5) is 0 Å². The SMILES string of the molecule is Cc1nccn1CCNC(=O)CC1CCNCC1. The molecule has 0 aliphatic carbocycles. The van der Waals surface area contributed by atoms with E-state index in [9.17, 15) is 4.79 Å². The van der Waals surface area contributed by atoms with Gasteiger partial charge in [-0.05, 0) is 38.8 Å². The number of imidazole rings is 1. The van der Waals surface area contributed by atoms with Crippen molar-refractivity contribution in [3.8, 4) is 0 Å². The summed E-state index contributed by atoms with van der Waals surface area (Å²) in [4.78, 5) is 15.9. The van der Waals surface area contributed by atoms with Crippen LogP contribution in [0.15, 0.2) is 12.4 Å². The van der Waals surface area contributed by atoms with Gasteiger partial charge in [0.2, 0.25) is 5.91 Å². The average molecular weight is 250 g/mol. The molecule has 100 valence electrons. The van der Waals surface area contributed by atoms with Gasteiger partial charge in [-0.3, -0.25) is 4.79 Å². The molecule has 1 aromatic rings. The molecule has 0 atom stereocenters. The third-order valence-electron chi connectivity index (χ3n) is 3.53. The number of amides is 1. The number of hydrogen-bond acceptors (Lipinski definition) is 3. The number of nitrogens with zero attached hydrogens (tertiary/aromatic N) is 2. The maximum absolute atomic E-state index is 11.8. The van der Waals surface area contributed by atoms with E-state index in [1.807, 2.05) is 17.7 Å². The Balaban J connectivity index is 1.64. The lowest BCUT2D eigenvalue weighted by molar-refractivity contribution is -0.122. The lowest BCUT2D eigenvalue weighted by atomic mass is 9.94. The second-order valence-electron chi connectivity index (χ2n) is 4.92. The van der Waals surface area contributed by atoms with Gasteiger partial charge < -0.3 is 15.2 Å². The van der Waals surface area contributed by atoms with Gasteiger partial charge in [-0.1, -0.05) is 0 Å². The minimum absolute atomic E-state index is 0.180. The maximum atomic E-state index is 11.8. The number of aromatic nitrogens is 2. The first kappa shape index (κ1) is 13.1. The fraction of sp³-hybridized carbons (Fsp3) is 0.692. The second kappa shape index (κ2) is 6.54. The van der Waals surface area contributed by atoms with Crippen molar-refractivity contribution in [2.75, 3.05) is 19.6 Å². The fourth-order valence-corrected chi connectivity index (χ4v) is 2.38. The van der Waals surface area contributed by atoms with E-state index in [4.69, 9.17) is 0 Å². The molecule has 0 unspecified atom stereocenters. The molecule has 18 heavy (non-hydrogen) atoms. The van der Waals surface area contributed by atoms with Crippen LogP contribution < -0.4 is 10.6 Å². The summed E-state index contributed by atoms with van der Waals surface area (Å²) in [5.41, 5.74) is 0. The standard InChI is InChI=1S/C13H22N4O/c1-11-15-6-8-17(11)9-7-16-13(18)10-12-2-4-14-5-3-12/h6,8,12,14H,2-5,7,9-10H2,1H3,(H,16,18). The van der Waals surface area contributed by atoms with Crippen molar-refractivity contribution in [2.45, 2.75) is 32.7 Å². The van der Waals surface area contributed by atoms with Crippen LogP contribution in [-0.4, -0.2) is 35.1 Å². The second-order valence-corrected chi connectivity index (χ2v) is 4.92. The highest BCUT2D eigenvalue weighted by atomic mass is 16.1. The summed E-state index contributed by atoms with van der Waals surface area (Å²) >= 11 is 0. The molecular formula is C13H22N4O. The molecule has 0 radical (unpaired) electrons. The number of piperidine rings is 1. The molecule has 2 N–H and O–H groups in total. The number of hydrogen-bond donors (Lipinski definition) is 2. The van der Waals surface area contributed by atoms with Gasteiger partial charge >= 0.3 is 0 Å². The first-order chi connectivity index (χ1) is 8.75. The number of carbonyl (C=O) groups is 1. The molecule has 2 rings (SSSR count). The van der Waals surface area contributed by atoms with Gasteiger partial charge in [-0.15, -0.1) is 0 Å². The highest BCUT2D eigenvalue weighted by Crippen LogP contribution is 2.15. The zero-order valence-corrected chi connectivity index (χ0v) is 11.0. The summed E-state index contributed by atoms with van der Waals surface area (Å²) in [5.74, 6) is 1.73. The molecule has 0 saturated carbocycles. The summed E-state index contributed by atoms with van der Waals surface area (Å²) in [6, 6.07) is 0. The molecule has 0 aromatic carbocycles. The van der Waals surface area contributed by atoms with Crippen molar-refractivity contribution in [3.63, 3.8) is 0 Å². The number of aryl methyl sites for hydroxylation is 1. The van der Waals surface area contributed by atoms with Crippen molar-refractivity contribution in [1.82, 2.24) is 20.2 Å². The maximum Gasteiger partial charge on any atom is 0.220 e. The van der Waals surface area contributed by atoms with Crippen molar-refractivity contribution in [1.29, 1.82) is 0 Å². The van der Waals surface area contributed by atoms with Crippen LogP contribution in [0.1, 0.15) is 25.1 Å². The number of rotatable bonds is 5. The number of carbonyl (C=O) groups excluding carboxylic acids is 1. The van der Waals surface area contributed by atoms with E-state index in [0.717, 1.165) is 38.3 Å². The van der Waals surface area contributed by atoms with Gasteiger partial charge in [-0.25, -0.2) is 4.98 Å². The molecule has 2 heterocycles. The van der Waals surface area contributed by atoms with Crippen LogP contribution in [0.3, 0.4) is 0 Å². The van der Waals surface area contributed by atoms with Crippen molar-refractivity contribution < 1.29 is 4.79 Å². The molecule has 0 spiro atoms. The van der Waals surface area contributed by atoms with Crippen molar-refractivity contribution >= 4 is 5.91 Å². The Morgan fingerprint density at radius 1 is 1.56 bits per heavy atom. The van der Waals surface area contributed by atoms with E-state index in [1.54, 1.807) is 6.20 Å². The average Bonchev–Trinajstić information content (AvgIpc) is 2.76. The van der Waals surface area contributed by atoms with Gasteiger partial charge in [0.15, 0.2) is 0 Å². The Labute approximate surface area is 108 Å². The first-order valence-electron chi connectivity index (χ1n) is 6.71. The molecule has 1 saturated heterocycles. The zero-order chi connectivity index (χ0) is 12.8. The number of nitrogens with one attached hydrogen (secondary N) is 2. The van der Waals surface area contributed by atoms with Crippen LogP contribution in [0.25, 0.3) is 0 Å². The van der Waals surface area contributed by atoms with Gasteiger partial charge in [0.1, 0.15) is 5.82 Å². The van der Waals surface area contributed by atoms with E-state index in [0.29, 0.717) is 18.9 Å². The van der Waals surface area contributed by atoms with E-state index in [-0.39, 0.29) is 5.91 Å². The summed E-state index contributed by atoms with van der Waals surface area (Å²) in [5, 5.41) is 6.30. The van der Waals surface area contributed by atoms with Crippen LogP contribution in [0.2, 0.25) is 0 Å². The van der Waals surface area contributed by atoms with Crippen LogP contribution in [0, 0.1) is 12.8 Å². The fourth-order valence-electron chi connectivity index (χ4n) is 2.38. The van der Waals surface area contributed by atoms with E-state index in [2.05, 4.69) is 15.6 Å². The molecule has 1 aromatic heterocycles. The minimum atomic E-state index is 0.180. The van der Waals surface area contributed by atoms with E-state index < -0.39 is 0 Å². The van der Waals surface area contributed by atoms with E-state index in [1.165, 1.54) is 0 Å². The highest BCUT2D eigenvalue weighted by molar-refractivity contribution is 5.76. The predicted octanol–water partition coefficient (Wildman–Crippen LogP) is 0.697. The minimum Gasteiger partial charge on any atom is -0.354 e. The highest BCUT2D eigenvalue weighted by Gasteiger charge is 2.16. The molecule has 1 amide bonds. The summed E-state index contributed by atoms with van der Waals surface area (Å²) in [6.07, 6.45) is 6.63. The predicted molar refractivity (Wildman–Crippen MR) is 70.2 cm³/mol. The van der Waals surface area contributed by atoms with Crippen molar-refractivity contribution in [3.05, 3.63) is 18.2 Å². The Morgan fingerprint density at radius 2 is 2.33 bits per heavy atom. The normalized spacial score (nSPS) is 16.7. The lowest BCUT2D eigenvalue weighted by Gasteiger charge is -2.21.